The summed E-state index contributed by atoms with van der Waals surface area (Å²) in [6, 6.07) is 7.34. The molecule has 1 fully saturated rings. The van der Waals surface area contributed by atoms with Crippen LogP contribution in [0.5, 0.6) is 5.75 Å². The Hall–Kier alpha value is -1.55. The smallest absolute Gasteiger partial charge is 0.226 e. The maximum atomic E-state index is 12.5. The standard InChI is InChI=1S/C17H26N2O2/c1-3-19(4-2)17(21)15-6-5-11-18(13-15)12-14-7-9-16(20)10-8-14/h7-10,15,20H,3-6,11-13H2,1-2H3. The number of hydrogen-bond acceptors (Lipinski definition) is 3. The minimum absolute atomic E-state index is 0.135. The average Bonchev–Trinajstić information content (AvgIpc) is 2.51. The first-order chi connectivity index (χ1) is 10.1. The summed E-state index contributed by atoms with van der Waals surface area (Å²) < 4.78 is 0. The molecule has 1 aromatic carbocycles. The van der Waals surface area contributed by atoms with Gasteiger partial charge in [0.1, 0.15) is 5.75 Å². The third kappa shape index (κ3) is 4.21. The molecule has 2 rings (SSSR count). The number of likely N-dealkylation sites (tertiary alicyclic amines) is 1. The summed E-state index contributed by atoms with van der Waals surface area (Å²) in [5, 5.41) is 9.33. The lowest BCUT2D eigenvalue weighted by Gasteiger charge is -2.34. The Bertz CT molecular complexity index is 454. The molecule has 0 saturated carbocycles. The number of hydrogen-bond donors (Lipinski definition) is 1. The number of nitrogens with zero attached hydrogens (tertiary/aromatic N) is 2. The van der Waals surface area contributed by atoms with Crippen LogP contribution >= 0.6 is 0 Å². The third-order valence-electron chi connectivity index (χ3n) is 4.27. The van der Waals surface area contributed by atoms with E-state index in [1.807, 2.05) is 30.9 Å². The minimum Gasteiger partial charge on any atom is -0.508 e. The van der Waals surface area contributed by atoms with Crippen molar-refractivity contribution in [1.29, 1.82) is 0 Å². The molecule has 4 nitrogen and oxygen atoms in total. The largest absolute Gasteiger partial charge is 0.508 e. The summed E-state index contributed by atoms with van der Waals surface area (Å²) in [6.07, 6.45) is 2.08. The van der Waals surface area contributed by atoms with Crippen molar-refractivity contribution in [1.82, 2.24) is 9.80 Å². The fourth-order valence-electron chi connectivity index (χ4n) is 3.05. The Morgan fingerprint density at radius 1 is 1.29 bits per heavy atom. The summed E-state index contributed by atoms with van der Waals surface area (Å²) in [7, 11) is 0. The van der Waals surface area contributed by atoms with Crippen LogP contribution in [0.15, 0.2) is 24.3 Å². The highest BCUT2D eigenvalue weighted by molar-refractivity contribution is 5.79. The SMILES string of the molecule is CCN(CC)C(=O)C1CCCN(Cc2ccc(O)cc2)C1. The lowest BCUT2D eigenvalue weighted by atomic mass is 9.96. The zero-order valence-electron chi connectivity index (χ0n) is 13.1. The number of phenolic OH excluding ortho intramolecular Hbond substituents is 1. The molecule has 1 amide bonds. The average molecular weight is 290 g/mol. The van der Waals surface area contributed by atoms with E-state index >= 15 is 0 Å². The number of aromatic hydroxyl groups is 1. The fraction of sp³-hybridized carbons (Fsp3) is 0.588. The van der Waals surface area contributed by atoms with Crippen molar-refractivity contribution in [3.8, 4) is 5.75 Å². The highest BCUT2D eigenvalue weighted by Gasteiger charge is 2.28. The molecule has 0 aliphatic carbocycles. The van der Waals surface area contributed by atoms with Gasteiger partial charge in [-0.2, -0.15) is 0 Å². The Labute approximate surface area is 127 Å². The van der Waals surface area contributed by atoms with Crippen LogP contribution in [0, 0.1) is 5.92 Å². The molecule has 0 aromatic heterocycles. The Kier molecular flexibility index (Phi) is 5.62. The van der Waals surface area contributed by atoms with Gasteiger partial charge >= 0.3 is 0 Å². The molecule has 0 bridgehead atoms. The summed E-state index contributed by atoms with van der Waals surface area (Å²) in [6.45, 7) is 8.41. The molecule has 1 unspecified atom stereocenters. The molecule has 0 spiro atoms. The monoisotopic (exact) mass is 290 g/mol. The molecule has 1 aliphatic heterocycles. The summed E-state index contributed by atoms with van der Waals surface area (Å²) in [5.41, 5.74) is 1.18. The van der Waals surface area contributed by atoms with Crippen molar-refractivity contribution in [2.24, 2.45) is 5.92 Å². The first kappa shape index (κ1) is 15.8. The fourth-order valence-corrected chi connectivity index (χ4v) is 3.05. The van der Waals surface area contributed by atoms with Crippen molar-refractivity contribution in [2.75, 3.05) is 26.2 Å². The van der Waals surface area contributed by atoms with Gasteiger partial charge in [0, 0.05) is 26.2 Å². The number of carbonyl (C=O) groups excluding carboxylic acids is 1. The van der Waals surface area contributed by atoms with Crippen molar-refractivity contribution in [2.45, 2.75) is 33.2 Å². The number of benzene rings is 1. The Balaban J connectivity index is 1.94. The lowest BCUT2D eigenvalue weighted by molar-refractivity contribution is -0.137. The highest BCUT2D eigenvalue weighted by atomic mass is 16.3. The van der Waals surface area contributed by atoms with E-state index in [1.165, 1.54) is 5.56 Å². The predicted molar refractivity (Wildman–Crippen MR) is 84.0 cm³/mol. The van der Waals surface area contributed by atoms with E-state index in [4.69, 9.17) is 0 Å². The maximum absolute atomic E-state index is 12.5. The van der Waals surface area contributed by atoms with Gasteiger partial charge in [-0.1, -0.05) is 12.1 Å². The van der Waals surface area contributed by atoms with Gasteiger partial charge in [0.25, 0.3) is 0 Å². The number of amides is 1. The molecular weight excluding hydrogens is 264 g/mol. The molecule has 1 atom stereocenters. The Morgan fingerprint density at radius 2 is 1.95 bits per heavy atom. The van der Waals surface area contributed by atoms with Crippen molar-refractivity contribution >= 4 is 5.91 Å². The normalized spacial score (nSPS) is 19.4. The van der Waals surface area contributed by atoms with E-state index in [9.17, 15) is 9.90 Å². The van der Waals surface area contributed by atoms with Gasteiger partial charge in [-0.15, -0.1) is 0 Å². The maximum Gasteiger partial charge on any atom is 0.226 e. The van der Waals surface area contributed by atoms with Gasteiger partial charge < -0.3 is 10.0 Å². The number of phenols is 1. The molecule has 1 saturated heterocycles. The molecule has 1 aromatic rings. The number of piperidine rings is 1. The van der Waals surface area contributed by atoms with Crippen LogP contribution in [0.25, 0.3) is 0 Å². The van der Waals surface area contributed by atoms with Gasteiger partial charge in [0.15, 0.2) is 0 Å². The molecular formula is C17H26N2O2. The van der Waals surface area contributed by atoms with E-state index < -0.39 is 0 Å². The summed E-state index contributed by atoms with van der Waals surface area (Å²) >= 11 is 0. The third-order valence-corrected chi connectivity index (χ3v) is 4.27. The molecule has 1 N–H and O–H groups in total. The van der Waals surface area contributed by atoms with Crippen molar-refractivity contribution in [3.05, 3.63) is 29.8 Å². The van der Waals surface area contributed by atoms with E-state index in [0.29, 0.717) is 11.7 Å². The van der Waals surface area contributed by atoms with Crippen LogP contribution < -0.4 is 0 Å². The van der Waals surface area contributed by atoms with Crippen LogP contribution in [0.1, 0.15) is 32.3 Å². The minimum atomic E-state index is 0.135. The van der Waals surface area contributed by atoms with E-state index in [1.54, 1.807) is 12.1 Å². The lowest BCUT2D eigenvalue weighted by Crippen LogP contribution is -2.44. The molecule has 21 heavy (non-hydrogen) atoms. The van der Waals surface area contributed by atoms with Crippen molar-refractivity contribution in [3.63, 3.8) is 0 Å². The van der Waals surface area contributed by atoms with Crippen LogP contribution in [-0.2, 0) is 11.3 Å². The van der Waals surface area contributed by atoms with Crippen molar-refractivity contribution < 1.29 is 9.90 Å². The van der Waals surface area contributed by atoms with Crippen LogP contribution in [-0.4, -0.2) is 47.0 Å². The molecule has 116 valence electrons. The molecule has 1 heterocycles. The predicted octanol–water partition coefficient (Wildman–Crippen LogP) is 2.47. The topological polar surface area (TPSA) is 43.8 Å². The van der Waals surface area contributed by atoms with Gasteiger partial charge in [-0.05, 0) is 50.9 Å². The zero-order valence-corrected chi connectivity index (χ0v) is 13.1. The van der Waals surface area contributed by atoms with Crippen LogP contribution in [0.2, 0.25) is 0 Å². The van der Waals surface area contributed by atoms with Crippen LogP contribution in [0.3, 0.4) is 0 Å². The van der Waals surface area contributed by atoms with E-state index in [2.05, 4.69) is 4.90 Å². The van der Waals surface area contributed by atoms with Gasteiger partial charge in [-0.3, -0.25) is 9.69 Å². The zero-order chi connectivity index (χ0) is 15.2. The highest BCUT2D eigenvalue weighted by Crippen LogP contribution is 2.21. The molecule has 0 radical (unpaired) electrons. The van der Waals surface area contributed by atoms with Gasteiger partial charge in [-0.25, -0.2) is 0 Å². The number of rotatable bonds is 5. The number of carbonyl (C=O) groups is 1. The molecule has 1 aliphatic rings. The van der Waals surface area contributed by atoms with E-state index in [0.717, 1.165) is 45.6 Å². The van der Waals surface area contributed by atoms with Gasteiger partial charge in [0.2, 0.25) is 5.91 Å². The second-order valence-corrected chi connectivity index (χ2v) is 5.75. The van der Waals surface area contributed by atoms with E-state index in [-0.39, 0.29) is 5.92 Å². The second kappa shape index (κ2) is 7.46. The quantitative estimate of drug-likeness (QED) is 0.906. The van der Waals surface area contributed by atoms with Crippen LogP contribution in [0.4, 0.5) is 0 Å². The summed E-state index contributed by atoms with van der Waals surface area (Å²) in [5.74, 6) is 0.734. The first-order valence-corrected chi connectivity index (χ1v) is 7.93. The van der Waals surface area contributed by atoms with Gasteiger partial charge in [0.05, 0.1) is 5.92 Å². The first-order valence-electron chi connectivity index (χ1n) is 7.93. The summed E-state index contributed by atoms with van der Waals surface area (Å²) in [4.78, 5) is 16.8. The second-order valence-electron chi connectivity index (χ2n) is 5.75. The molecule has 4 heteroatoms. The Morgan fingerprint density at radius 3 is 2.57 bits per heavy atom.